The van der Waals surface area contributed by atoms with Gasteiger partial charge in [-0.05, 0) is 0 Å². The van der Waals surface area contributed by atoms with Crippen LogP contribution in [0.25, 0.3) is 27.5 Å². The van der Waals surface area contributed by atoms with Crippen LogP contribution in [0.5, 0.6) is 0 Å². The summed E-state index contributed by atoms with van der Waals surface area (Å²) in [5.41, 5.74) is 3.32. The highest BCUT2D eigenvalue weighted by Crippen LogP contribution is 2.34. The number of rotatable bonds is 3. The monoisotopic (exact) mass is 356 g/mol. The first-order valence-electron chi connectivity index (χ1n) is 7.07. The van der Waals surface area contributed by atoms with Crippen molar-refractivity contribution in [2.24, 2.45) is 5.14 Å². The van der Waals surface area contributed by atoms with Crippen molar-refractivity contribution in [1.29, 1.82) is 0 Å². The summed E-state index contributed by atoms with van der Waals surface area (Å²) >= 11 is 0.956. The Kier molecular flexibility index (Phi) is 3.45. The van der Waals surface area contributed by atoms with Crippen LogP contribution in [0.2, 0.25) is 0 Å². The first kappa shape index (κ1) is 15.0. The van der Waals surface area contributed by atoms with Crippen molar-refractivity contribution >= 4 is 26.3 Å². The number of aromatic nitrogens is 3. The maximum Gasteiger partial charge on any atom is 0.267 e. The molecule has 0 bridgehead atoms. The summed E-state index contributed by atoms with van der Waals surface area (Å²) in [7, 11) is -3.86. The van der Waals surface area contributed by atoms with Gasteiger partial charge in [0.05, 0.1) is 0 Å². The van der Waals surface area contributed by atoms with Crippen molar-refractivity contribution < 1.29 is 8.42 Å². The van der Waals surface area contributed by atoms with Crippen molar-refractivity contribution in [3.8, 4) is 22.5 Å². The first-order valence-corrected chi connectivity index (χ1v) is 9.43. The van der Waals surface area contributed by atoms with Crippen molar-refractivity contribution in [1.82, 2.24) is 14.6 Å². The van der Waals surface area contributed by atoms with Crippen LogP contribution in [0, 0.1) is 0 Å². The van der Waals surface area contributed by atoms with Gasteiger partial charge in [-0.25, -0.2) is 23.1 Å². The Bertz CT molecular complexity index is 1120. The molecule has 4 rings (SSSR count). The lowest BCUT2D eigenvalue weighted by atomic mass is 10.1. The molecule has 2 N–H and O–H groups in total. The third kappa shape index (κ3) is 2.50. The molecule has 0 fully saturated rings. The highest BCUT2D eigenvalue weighted by Gasteiger charge is 2.22. The number of benzene rings is 2. The Morgan fingerprint density at radius 1 is 0.917 bits per heavy atom. The van der Waals surface area contributed by atoms with Gasteiger partial charge >= 0.3 is 0 Å². The van der Waals surface area contributed by atoms with Crippen LogP contribution in [0.3, 0.4) is 0 Å². The van der Waals surface area contributed by atoms with E-state index in [-0.39, 0.29) is 4.34 Å². The zero-order valence-electron chi connectivity index (χ0n) is 12.3. The van der Waals surface area contributed by atoms with Crippen LogP contribution < -0.4 is 5.14 Å². The van der Waals surface area contributed by atoms with Crippen molar-refractivity contribution in [3.05, 3.63) is 60.7 Å². The Hall–Kier alpha value is -2.55. The van der Waals surface area contributed by atoms with Gasteiger partial charge in [0.15, 0.2) is 0 Å². The Labute approximate surface area is 142 Å². The van der Waals surface area contributed by atoms with Crippen molar-refractivity contribution in [2.75, 3.05) is 0 Å². The standard InChI is InChI=1S/C16H12N4O2S2/c17-24(21,22)16-19-20-14(12-9-5-2-6-10-12)13(18-15(20)23-16)11-7-3-1-4-8-11/h1-10H,(H2,17,21,22). The molecule has 0 amide bonds. The Balaban J connectivity index is 2.05. The molecule has 0 aliphatic heterocycles. The van der Waals surface area contributed by atoms with Crippen LogP contribution in [0.15, 0.2) is 65.0 Å². The lowest BCUT2D eigenvalue weighted by Crippen LogP contribution is -2.12. The number of fused-ring (bicyclic) bond motifs is 1. The van der Waals surface area contributed by atoms with E-state index in [1.807, 2.05) is 60.7 Å². The molecule has 0 saturated carbocycles. The summed E-state index contributed by atoms with van der Waals surface area (Å²) in [6, 6.07) is 19.3. The molecule has 2 aromatic carbocycles. The molecule has 8 heteroatoms. The lowest BCUT2D eigenvalue weighted by Gasteiger charge is -2.04. The van der Waals surface area contributed by atoms with Gasteiger partial charge in [0.25, 0.3) is 10.0 Å². The minimum absolute atomic E-state index is 0.151. The van der Waals surface area contributed by atoms with Gasteiger partial charge in [0.1, 0.15) is 11.4 Å². The molecule has 0 aliphatic rings. The average Bonchev–Trinajstić information content (AvgIpc) is 3.14. The van der Waals surface area contributed by atoms with E-state index in [9.17, 15) is 8.42 Å². The predicted molar refractivity (Wildman–Crippen MR) is 93.1 cm³/mol. The van der Waals surface area contributed by atoms with E-state index in [0.717, 1.165) is 33.9 Å². The highest BCUT2D eigenvalue weighted by molar-refractivity contribution is 7.91. The zero-order chi connectivity index (χ0) is 16.7. The smallest absolute Gasteiger partial charge is 0.223 e. The molecule has 6 nitrogen and oxygen atoms in total. The topological polar surface area (TPSA) is 90.4 Å². The van der Waals surface area contributed by atoms with Crippen LogP contribution in [-0.2, 0) is 10.0 Å². The average molecular weight is 356 g/mol. The zero-order valence-corrected chi connectivity index (χ0v) is 14.0. The van der Waals surface area contributed by atoms with E-state index in [2.05, 4.69) is 10.1 Å². The molecule has 0 saturated heterocycles. The number of nitrogens with zero attached hydrogens (tertiary/aromatic N) is 3. The van der Waals surface area contributed by atoms with Crippen molar-refractivity contribution in [2.45, 2.75) is 4.34 Å². The molecule has 2 heterocycles. The van der Waals surface area contributed by atoms with Gasteiger partial charge in [0.2, 0.25) is 9.30 Å². The molecule has 0 unspecified atom stereocenters. The molecular weight excluding hydrogens is 344 g/mol. The fourth-order valence-electron chi connectivity index (χ4n) is 2.50. The van der Waals surface area contributed by atoms with E-state index in [1.54, 1.807) is 4.52 Å². The quantitative estimate of drug-likeness (QED) is 0.611. The fraction of sp³-hybridized carbons (Fsp3) is 0. The van der Waals surface area contributed by atoms with Gasteiger partial charge in [-0.15, -0.1) is 5.10 Å². The summed E-state index contributed by atoms with van der Waals surface area (Å²) in [4.78, 5) is 5.08. The van der Waals surface area contributed by atoms with Gasteiger partial charge in [-0.2, -0.15) is 0 Å². The summed E-state index contributed by atoms with van der Waals surface area (Å²) in [5.74, 6) is 0. The first-order chi connectivity index (χ1) is 11.5. The number of primary sulfonamides is 1. The van der Waals surface area contributed by atoms with E-state index in [0.29, 0.717) is 4.96 Å². The van der Waals surface area contributed by atoms with E-state index in [4.69, 9.17) is 5.14 Å². The molecule has 120 valence electrons. The van der Waals surface area contributed by atoms with E-state index in [1.165, 1.54) is 0 Å². The number of hydrogen-bond donors (Lipinski definition) is 1. The maximum absolute atomic E-state index is 11.6. The molecule has 0 aliphatic carbocycles. The number of nitrogens with two attached hydrogens (primary N) is 1. The molecule has 0 spiro atoms. The summed E-state index contributed by atoms with van der Waals surface area (Å²) in [6.07, 6.45) is 0. The largest absolute Gasteiger partial charge is 0.267 e. The molecule has 0 atom stereocenters. The molecule has 4 aromatic rings. The number of sulfonamides is 1. The van der Waals surface area contributed by atoms with E-state index < -0.39 is 10.0 Å². The van der Waals surface area contributed by atoms with Gasteiger partial charge in [0, 0.05) is 11.1 Å². The molecule has 2 aromatic heterocycles. The molecular formula is C16H12N4O2S2. The predicted octanol–water partition coefficient (Wildman–Crippen LogP) is 2.77. The summed E-state index contributed by atoms with van der Waals surface area (Å²) in [5, 5.41) is 9.36. The second-order valence-electron chi connectivity index (χ2n) is 5.15. The maximum atomic E-state index is 11.6. The second-order valence-corrected chi connectivity index (χ2v) is 7.84. The SMILES string of the molecule is NS(=O)(=O)c1nn2c(-c3ccccc3)c(-c3ccccc3)nc2s1. The van der Waals surface area contributed by atoms with Crippen LogP contribution >= 0.6 is 11.3 Å². The van der Waals surface area contributed by atoms with Gasteiger partial charge in [-0.3, -0.25) is 0 Å². The van der Waals surface area contributed by atoms with Crippen LogP contribution in [0.4, 0.5) is 0 Å². The van der Waals surface area contributed by atoms with E-state index >= 15 is 0 Å². The lowest BCUT2D eigenvalue weighted by molar-refractivity contribution is 0.595. The molecule has 0 radical (unpaired) electrons. The number of hydrogen-bond acceptors (Lipinski definition) is 5. The van der Waals surface area contributed by atoms with Gasteiger partial charge in [-0.1, -0.05) is 72.0 Å². The summed E-state index contributed by atoms with van der Waals surface area (Å²) in [6.45, 7) is 0. The van der Waals surface area contributed by atoms with Crippen molar-refractivity contribution in [3.63, 3.8) is 0 Å². The van der Waals surface area contributed by atoms with Gasteiger partial charge < -0.3 is 0 Å². The third-order valence-electron chi connectivity index (χ3n) is 3.52. The Morgan fingerprint density at radius 2 is 1.50 bits per heavy atom. The van der Waals surface area contributed by atoms with Crippen LogP contribution in [-0.4, -0.2) is 23.0 Å². The molecule has 24 heavy (non-hydrogen) atoms. The summed E-state index contributed by atoms with van der Waals surface area (Å²) < 4.78 is 24.6. The third-order valence-corrected chi connectivity index (χ3v) is 5.74. The Morgan fingerprint density at radius 3 is 2.08 bits per heavy atom. The highest BCUT2D eigenvalue weighted by atomic mass is 32.2. The van der Waals surface area contributed by atoms with Crippen LogP contribution in [0.1, 0.15) is 0 Å². The minimum atomic E-state index is -3.86. The second kappa shape index (κ2) is 5.52. The minimum Gasteiger partial charge on any atom is -0.223 e. The fourth-order valence-corrected chi connectivity index (χ4v) is 4.02. The normalized spacial score (nSPS) is 11.9. The number of imidazole rings is 1.